The first-order valence-electron chi connectivity index (χ1n) is 8.09. The van der Waals surface area contributed by atoms with Crippen molar-refractivity contribution in [2.45, 2.75) is 25.3 Å². The zero-order valence-corrected chi connectivity index (χ0v) is 15.4. The minimum atomic E-state index is -3.22. The highest BCUT2D eigenvalue weighted by Gasteiger charge is 2.31. The van der Waals surface area contributed by atoms with E-state index in [1.165, 1.54) is 4.31 Å². The molecule has 24 heavy (non-hydrogen) atoms. The van der Waals surface area contributed by atoms with Crippen LogP contribution < -0.4 is 9.62 Å². The van der Waals surface area contributed by atoms with Crippen LogP contribution in [0.3, 0.4) is 0 Å². The normalized spacial score (nSPS) is 22.5. The summed E-state index contributed by atoms with van der Waals surface area (Å²) in [5.74, 6) is 0.169. The first kappa shape index (κ1) is 19.0. The Balaban J connectivity index is 0.00000208. The van der Waals surface area contributed by atoms with E-state index in [-0.39, 0.29) is 30.1 Å². The number of likely N-dealkylation sites (tertiary alicyclic amines) is 1. The van der Waals surface area contributed by atoms with E-state index in [0.717, 1.165) is 25.9 Å². The standard InChI is InChI=1S/C16H23N3O3S.ClH/c1-17-12-15-7-3-8-18(15)16(20)13-5-2-6-14(11-13)19-9-4-10-23(19,21)22;/h2,5-6,11,15,17H,3-4,7-10,12H2,1H3;1H. The molecule has 2 fully saturated rings. The van der Waals surface area contributed by atoms with Crippen molar-refractivity contribution in [2.75, 3.05) is 36.7 Å². The van der Waals surface area contributed by atoms with Crippen LogP contribution in [0, 0.1) is 0 Å². The summed E-state index contributed by atoms with van der Waals surface area (Å²) in [5.41, 5.74) is 1.16. The summed E-state index contributed by atoms with van der Waals surface area (Å²) in [5, 5.41) is 3.13. The molecule has 2 aliphatic heterocycles. The average molecular weight is 374 g/mol. The van der Waals surface area contributed by atoms with E-state index in [1.807, 2.05) is 11.9 Å². The molecule has 1 atom stereocenters. The van der Waals surface area contributed by atoms with E-state index < -0.39 is 10.0 Å². The van der Waals surface area contributed by atoms with Crippen LogP contribution in [-0.2, 0) is 10.0 Å². The molecule has 1 aromatic carbocycles. The number of halogens is 1. The van der Waals surface area contributed by atoms with E-state index >= 15 is 0 Å². The minimum absolute atomic E-state index is 0. The van der Waals surface area contributed by atoms with E-state index in [2.05, 4.69) is 5.32 Å². The number of nitrogens with zero attached hydrogens (tertiary/aromatic N) is 2. The van der Waals surface area contributed by atoms with Crippen LogP contribution in [0.5, 0.6) is 0 Å². The van der Waals surface area contributed by atoms with E-state index in [1.54, 1.807) is 24.3 Å². The molecule has 0 bridgehead atoms. The lowest BCUT2D eigenvalue weighted by Gasteiger charge is -2.25. The molecule has 6 nitrogen and oxygen atoms in total. The molecule has 0 radical (unpaired) electrons. The van der Waals surface area contributed by atoms with Crippen molar-refractivity contribution in [1.29, 1.82) is 0 Å². The minimum Gasteiger partial charge on any atom is -0.334 e. The molecule has 0 saturated carbocycles. The molecule has 3 rings (SSSR count). The quantitative estimate of drug-likeness (QED) is 0.867. The Labute approximate surface area is 149 Å². The molecule has 1 aromatic rings. The average Bonchev–Trinajstić information content (AvgIpc) is 3.13. The smallest absolute Gasteiger partial charge is 0.254 e. The predicted octanol–water partition coefficient (Wildman–Crippen LogP) is 1.47. The molecule has 1 unspecified atom stereocenters. The second kappa shape index (κ2) is 7.72. The Kier molecular flexibility index (Phi) is 6.11. The Morgan fingerprint density at radius 3 is 2.75 bits per heavy atom. The number of hydrogen-bond acceptors (Lipinski definition) is 4. The third-order valence-corrected chi connectivity index (χ3v) is 6.43. The maximum atomic E-state index is 12.8. The Bertz CT molecular complexity index is 696. The summed E-state index contributed by atoms with van der Waals surface area (Å²) >= 11 is 0. The molecule has 2 heterocycles. The van der Waals surface area contributed by atoms with E-state index in [9.17, 15) is 13.2 Å². The van der Waals surface area contributed by atoms with Crippen LogP contribution in [-0.4, -0.2) is 57.7 Å². The van der Waals surface area contributed by atoms with Gasteiger partial charge in [0.25, 0.3) is 5.91 Å². The lowest BCUT2D eigenvalue weighted by molar-refractivity contribution is 0.0737. The van der Waals surface area contributed by atoms with Gasteiger partial charge in [-0.3, -0.25) is 9.10 Å². The molecule has 1 amide bonds. The summed E-state index contributed by atoms with van der Waals surface area (Å²) in [6, 6.07) is 7.21. The van der Waals surface area contributed by atoms with Gasteiger partial charge in [0.1, 0.15) is 0 Å². The molecular formula is C16H24ClN3O3S. The molecule has 1 N–H and O–H groups in total. The molecule has 134 valence electrons. The summed E-state index contributed by atoms with van der Waals surface area (Å²) < 4.78 is 25.5. The van der Waals surface area contributed by atoms with Gasteiger partial charge in [-0.15, -0.1) is 12.4 Å². The van der Waals surface area contributed by atoms with Crippen molar-refractivity contribution in [3.63, 3.8) is 0 Å². The van der Waals surface area contributed by atoms with Gasteiger partial charge in [0, 0.05) is 31.2 Å². The summed E-state index contributed by atoms with van der Waals surface area (Å²) in [6.45, 7) is 2.04. The number of amides is 1. The zero-order valence-electron chi connectivity index (χ0n) is 13.8. The number of carbonyl (C=O) groups excluding carboxylic acids is 1. The maximum absolute atomic E-state index is 12.8. The highest BCUT2D eigenvalue weighted by Crippen LogP contribution is 2.26. The number of sulfonamides is 1. The number of carbonyl (C=O) groups is 1. The number of rotatable bonds is 4. The third-order valence-electron chi connectivity index (χ3n) is 4.56. The highest BCUT2D eigenvalue weighted by atomic mass is 35.5. The number of anilines is 1. The number of nitrogens with one attached hydrogen (secondary N) is 1. The summed E-state index contributed by atoms with van der Waals surface area (Å²) in [4.78, 5) is 14.7. The zero-order chi connectivity index (χ0) is 16.4. The molecule has 0 spiro atoms. The van der Waals surface area contributed by atoms with Crippen LogP contribution >= 0.6 is 12.4 Å². The number of likely N-dealkylation sites (N-methyl/N-ethyl adjacent to an activating group) is 1. The van der Waals surface area contributed by atoms with Crippen molar-refractivity contribution >= 4 is 34.0 Å². The van der Waals surface area contributed by atoms with Crippen molar-refractivity contribution < 1.29 is 13.2 Å². The lowest BCUT2D eigenvalue weighted by atomic mass is 10.1. The molecule has 0 aromatic heterocycles. The fourth-order valence-corrected chi connectivity index (χ4v) is 5.00. The topological polar surface area (TPSA) is 69.7 Å². The first-order chi connectivity index (χ1) is 11.0. The fraction of sp³-hybridized carbons (Fsp3) is 0.562. The van der Waals surface area contributed by atoms with Crippen molar-refractivity contribution in [3.05, 3.63) is 29.8 Å². The van der Waals surface area contributed by atoms with Gasteiger partial charge in [-0.05, 0) is 44.5 Å². The second-order valence-corrected chi connectivity index (χ2v) is 8.16. The van der Waals surface area contributed by atoms with Gasteiger partial charge in [0.2, 0.25) is 10.0 Å². The Morgan fingerprint density at radius 2 is 2.08 bits per heavy atom. The van der Waals surface area contributed by atoms with Gasteiger partial charge in [0.05, 0.1) is 11.4 Å². The number of benzene rings is 1. The first-order valence-corrected chi connectivity index (χ1v) is 9.70. The molecular weight excluding hydrogens is 350 g/mol. The van der Waals surface area contributed by atoms with Crippen LogP contribution in [0.2, 0.25) is 0 Å². The van der Waals surface area contributed by atoms with Gasteiger partial charge >= 0.3 is 0 Å². The fourth-order valence-electron chi connectivity index (χ4n) is 3.44. The lowest BCUT2D eigenvalue weighted by Crippen LogP contribution is -2.40. The van der Waals surface area contributed by atoms with Crippen LogP contribution in [0.25, 0.3) is 0 Å². The van der Waals surface area contributed by atoms with Crippen molar-refractivity contribution in [1.82, 2.24) is 10.2 Å². The van der Waals surface area contributed by atoms with E-state index in [0.29, 0.717) is 24.2 Å². The molecule has 8 heteroatoms. The van der Waals surface area contributed by atoms with Crippen LogP contribution in [0.15, 0.2) is 24.3 Å². The molecule has 2 aliphatic rings. The Hall–Kier alpha value is -1.31. The van der Waals surface area contributed by atoms with Crippen LogP contribution in [0.1, 0.15) is 29.6 Å². The Morgan fingerprint density at radius 1 is 1.29 bits per heavy atom. The SMILES string of the molecule is CNCC1CCCN1C(=O)c1cccc(N2CCCS2(=O)=O)c1.Cl. The van der Waals surface area contributed by atoms with Gasteiger partial charge in [-0.1, -0.05) is 6.07 Å². The predicted molar refractivity (Wildman–Crippen MR) is 97.4 cm³/mol. The number of hydrogen-bond donors (Lipinski definition) is 1. The summed E-state index contributed by atoms with van der Waals surface area (Å²) in [7, 11) is -1.33. The third kappa shape index (κ3) is 3.68. The van der Waals surface area contributed by atoms with Gasteiger partial charge in [0.15, 0.2) is 0 Å². The largest absolute Gasteiger partial charge is 0.334 e. The van der Waals surface area contributed by atoms with Gasteiger partial charge in [-0.2, -0.15) is 0 Å². The van der Waals surface area contributed by atoms with Crippen molar-refractivity contribution in [2.24, 2.45) is 0 Å². The van der Waals surface area contributed by atoms with Crippen LogP contribution in [0.4, 0.5) is 5.69 Å². The van der Waals surface area contributed by atoms with Crippen molar-refractivity contribution in [3.8, 4) is 0 Å². The monoisotopic (exact) mass is 373 g/mol. The second-order valence-electron chi connectivity index (χ2n) is 6.14. The van der Waals surface area contributed by atoms with Gasteiger partial charge in [-0.25, -0.2) is 8.42 Å². The highest BCUT2D eigenvalue weighted by molar-refractivity contribution is 7.93. The molecule has 2 saturated heterocycles. The summed E-state index contributed by atoms with van der Waals surface area (Å²) in [6.07, 6.45) is 2.65. The molecule has 0 aliphatic carbocycles. The van der Waals surface area contributed by atoms with Gasteiger partial charge < -0.3 is 10.2 Å². The maximum Gasteiger partial charge on any atom is 0.254 e. The van der Waals surface area contributed by atoms with E-state index in [4.69, 9.17) is 0 Å².